The molecule has 0 unspecified atom stereocenters. The molecule has 0 spiro atoms. The number of carbonyl (C=O) groups excluding carboxylic acids is 2. The summed E-state index contributed by atoms with van der Waals surface area (Å²) in [5.74, 6) is -0.335. The molecule has 1 saturated heterocycles. The van der Waals surface area contributed by atoms with Crippen LogP contribution in [0.4, 0.5) is 0 Å². The van der Waals surface area contributed by atoms with Crippen molar-refractivity contribution in [3.8, 4) is 0 Å². The molecule has 1 aliphatic rings. The van der Waals surface area contributed by atoms with E-state index in [2.05, 4.69) is 0 Å². The fourth-order valence-corrected chi connectivity index (χ4v) is 1.76. The lowest BCUT2D eigenvalue weighted by Gasteiger charge is -2.26. The van der Waals surface area contributed by atoms with E-state index in [-0.39, 0.29) is 17.9 Å². The molecule has 86 valence electrons. The molecule has 0 bridgehead atoms. The van der Waals surface area contributed by atoms with Crippen LogP contribution in [0.2, 0.25) is 0 Å². The number of hydrogen-bond donors (Lipinski definition) is 0. The summed E-state index contributed by atoms with van der Waals surface area (Å²) in [4.78, 5) is 24.6. The molecule has 1 aliphatic heterocycles. The average Bonchev–Trinajstić information content (AvgIpc) is 2.47. The van der Waals surface area contributed by atoms with Crippen LogP contribution in [0.1, 0.15) is 40.5 Å². The van der Waals surface area contributed by atoms with E-state index < -0.39 is 5.60 Å². The molecule has 1 heterocycles. The first kappa shape index (κ1) is 12.0. The predicted octanol–water partition coefficient (Wildman–Crippen LogP) is 1.34. The van der Waals surface area contributed by atoms with Crippen molar-refractivity contribution in [2.45, 2.75) is 52.2 Å². The van der Waals surface area contributed by atoms with Crippen LogP contribution in [-0.2, 0) is 14.3 Å². The summed E-state index contributed by atoms with van der Waals surface area (Å²) in [5, 5.41) is 0. The van der Waals surface area contributed by atoms with Gasteiger partial charge >= 0.3 is 5.97 Å². The molecule has 1 rings (SSSR count). The summed E-state index contributed by atoms with van der Waals surface area (Å²) in [7, 11) is 0. The van der Waals surface area contributed by atoms with Gasteiger partial charge in [-0.3, -0.25) is 4.79 Å². The van der Waals surface area contributed by atoms with E-state index in [1.807, 2.05) is 20.8 Å². The van der Waals surface area contributed by atoms with Gasteiger partial charge in [-0.1, -0.05) is 0 Å². The maximum Gasteiger partial charge on any atom is 0.329 e. The quantitative estimate of drug-likeness (QED) is 0.617. The van der Waals surface area contributed by atoms with E-state index in [0.29, 0.717) is 13.0 Å². The fourth-order valence-electron chi connectivity index (χ4n) is 1.76. The van der Waals surface area contributed by atoms with Crippen LogP contribution in [0.15, 0.2) is 0 Å². The summed E-state index contributed by atoms with van der Waals surface area (Å²) < 4.78 is 5.27. The molecular weight excluding hydrogens is 194 g/mol. The van der Waals surface area contributed by atoms with E-state index in [0.717, 1.165) is 6.42 Å². The maximum absolute atomic E-state index is 11.8. The van der Waals surface area contributed by atoms with Gasteiger partial charge in [0.2, 0.25) is 5.91 Å². The minimum absolute atomic E-state index is 0.0524. The number of esters is 1. The van der Waals surface area contributed by atoms with Crippen molar-refractivity contribution in [1.29, 1.82) is 0 Å². The van der Waals surface area contributed by atoms with Crippen molar-refractivity contribution in [3.63, 3.8) is 0 Å². The Bertz CT molecular complexity index is 267. The van der Waals surface area contributed by atoms with Crippen molar-refractivity contribution in [3.05, 3.63) is 0 Å². The van der Waals surface area contributed by atoms with Gasteiger partial charge in [0.25, 0.3) is 0 Å². The number of carbonyl (C=O) groups is 2. The van der Waals surface area contributed by atoms with Crippen molar-refractivity contribution < 1.29 is 14.3 Å². The van der Waals surface area contributed by atoms with Crippen LogP contribution in [0.5, 0.6) is 0 Å². The van der Waals surface area contributed by atoms with E-state index in [9.17, 15) is 9.59 Å². The molecule has 0 N–H and O–H groups in total. The number of hydrogen-bond acceptors (Lipinski definition) is 3. The number of ether oxygens (including phenoxy) is 1. The molecule has 0 aliphatic carbocycles. The monoisotopic (exact) mass is 213 g/mol. The summed E-state index contributed by atoms with van der Waals surface area (Å²) in [6.07, 6.45) is 1.60. The molecule has 15 heavy (non-hydrogen) atoms. The van der Waals surface area contributed by atoms with Gasteiger partial charge < -0.3 is 9.64 Å². The Balaban J connectivity index is 2.63. The molecule has 1 amide bonds. The van der Waals surface area contributed by atoms with Crippen molar-refractivity contribution in [2.24, 2.45) is 0 Å². The zero-order valence-electron chi connectivity index (χ0n) is 9.87. The Morgan fingerprint density at radius 3 is 2.40 bits per heavy atom. The highest BCUT2D eigenvalue weighted by atomic mass is 16.6. The van der Waals surface area contributed by atoms with E-state index in [1.54, 1.807) is 4.90 Å². The van der Waals surface area contributed by atoms with Crippen LogP contribution in [-0.4, -0.2) is 35.0 Å². The fraction of sp³-hybridized carbons (Fsp3) is 0.818. The number of likely N-dealkylation sites (tertiary alicyclic amines) is 1. The minimum atomic E-state index is -0.484. The molecular formula is C11H19NO3. The predicted molar refractivity (Wildman–Crippen MR) is 56.3 cm³/mol. The third-order valence-electron chi connectivity index (χ3n) is 2.34. The van der Waals surface area contributed by atoms with E-state index >= 15 is 0 Å². The van der Waals surface area contributed by atoms with Crippen molar-refractivity contribution in [2.75, 3.05) is 6.54 Å². The summed E-state index contributed by atoms with van der Waals surface area (Å²) in [5.41, 5.74) is -0.484. The first-order valence-electron chi connectivity index (χ1n) is 5.31. The molecule has 4 heteroatoms. The van der Waals surface area contributed by atoms with Gasteiger partial charge in [0, 0.05) is 13.5 Å². The van der Waals surface area contributed by atoms with Gasteiger partial charge in [-0.25, -0.2) is 4.79 Å². The Hall–Kier alpha value is -1.06. The van der Waals surface area contributed by atoms with Crippen LogP contribution >= 0.6 is 0 Å². The second-order valence-electron chi connectivity index (χ2n) is 4.90. The first-order chi connectivity index (χ1) is 6.81. The largest absolute Gasteiger partial charge is 0.458 e. The van der Waals surface area contributed by atoms with Gasteiger partial charge in [-0.05, 0) is 33.6 Å². The molecule has 0 aromatic heterocycles. The van der Waals surface area contributed by atoms with Gasteiger partial charge in [-0.15, -0.1) is 0 Å². The smallest absolute Gasteiger partial charge is 0.329 e. The first-order valence-corrected chi connectivity index (χ1v) is 5.31. The zero-order chi connectivity index (χ0) is 11.6. The molecule has 1 atom stereocenters. The zero-order valence-corrected chi connectivity index (χ0v) is 9.87. The van der Waals surface area contributed by atoms with Gasteiger partial charge in [0.1, 0.15) is 11.6 Å². The van der Waals surface area contributed by atoms with Gasteiger partial charge in [0.05, 0.1) is 0 Å². The van der Waals surface area contributed by atoms with Crippen molar-refractivity contribution in [1.82, 2.24) is 4.90 Å². The van der Waals surface area contributed by atoms with Crippen LogP contribution in [0, 0.1) is 0 Å². The molecule has 0 saturated carbocycles. The third-order valence-corrected chi connectivity index (χ3v) is 2.34. The lowest BCUT2D eigenvalue weighted by atomic mass is 10.1. The lowest BCUT2D eigenvalue weighted by Crippen LogP contribution is -2.42. The molecule has 0 aromatic rings. The van der Waals surface area contributed by atoms with Crippen LogP contribution in [0.25, 0.3) is 0 Å². The number of rotatable bonds is 1. The number of amides is 1. The standard InChI is InChI=1S/C11H19NO3/c1-8(13)12-7-5-6-9(12)10(14)15-11(2,3)4/h9H,5-7H2,1-4H3/t9-/m0/s1. The minimum Gasteiger partial charge on any atom is -0.458 e. The Morgan fingerprint density at radius 1 is 1.33 bits per heavy atom. The highest BCUT2D eigenvalue weighted by Gasteiger charge is 2.35. The third kappa shape index (κ3) is 3.22. The average molecular weight is 213 g/mol. The Labute approximate surface area is 90.6 Å². The van der Waals surface area contributed by atoms with Gasteiger partial charge in [0.15, 0.2) is 0 Å². The molecule has 4 nitrogen and oxygen atoms in total. The van der Waals surface area contributed by atoms with Crippen LogP contribution < -0.4 is 0 Å². The molecule has 1 fully saturated rings. The summed E-state index contributed by atoms with van der Waals surface area (Å²) in [6, 6.07) is -0.373. The highest BCUT2D eigenvalue weighted by molar-refractivity contribution is 5.84. The topological polar surface area (TPSA) is 46.6 Å². The second-order valence-corrected chi connectivity index (χ2v) is 4.90. The normalized spacial score (nSPS) is 21.6. The lowest BCUT2D eigenvalue weighted by molar-refractivity contribution is -0.162. The molecule has 0 aromatic carbocycles. The molecule has 0 radical (unpaired) electrons. The highest BCUT2D eigenvalue weighted by Crippen LogP contribution is 2.20. The summed E-state index contributed by atoms with van der Waals surface area (Å²) in [6.45, 7) is 7.65. The van der Waals surface area contributed by atoms with E-state index in [4.69, 9.17) is 4.74 Å². The second kappa shape index (κ2) is 4.21. The SMILES string of the molecule is CC(=O)N1CCC[C@H]1C(=O)OC(C)(C)C. The van der Waals surface area contributed by atoms with Crippen molar-refractivity contribution >= 4 is 11.9 Å². The maximum atomic E-state index is 11.8. The van der Waals surface area contributed by atoms with Gasteiger partial charge in [-0.2, -0.15) is 0 Å². The van der Waals surface area contributed by atoms with Crippen LogP contribution in [0.3, 0.4) is 0 Å². The number of nitrogens with zero attached hydrogens (tertiary/aromatic N) is 1. The Kier molecular flexibility index (Phi) is 3.37. The summed E-state index contributed by atoms with van der Waals surface area (Å²) >= 11 is 0. The van der Waals surface area contributed by atoms with E-state index in [1.165, 1.54) is 6.92 Å². The Morgan fingerprint density at radius 2 is 1.93 bits per heavy atom.